The number of carbonyl (C=O) groups excluding carboxylic acids is 1. The Kier molecular flexibility index (Phi) is 3.54. The second-order valence-electron chi connectivity index (χ2n) is 4.35. The summed E-state index contributed by atoms with van der Waals surface area (Å²) in [5.41, 5.74) is 0.414. The maximum atomic E-state index is 11.5. The van der Waals surface area contributed by atoms with Crippen LogP contribution in [0.1, 0.15) is 26.5 Å². The Morgan fingerprint density at radius 2 is 2.20 bits per heavy atom. The van der Waals surface area contributed by atoms with Crippen molar-refractivity contribution < 1.29 is 9.53 Å². The van der Waals surface area contributed by atoms with Gasteiger partial charge in [0.25, 0.3) is 0 Å². The molecule has 84 valence electrons. The normalized spacial score (nSPS) is 11.5. The number of nitrogens with zero attached hydrogens (tertiary/aromatic N) is 2. The van der Waals surface area contributed by atoms with Gasteiger partial charge in [0.15, 0.2) is 0 Å². The summed E-state index contributed by atoms with van der Waals surface area (Å²) in [5, 5.41) is 4.15. The molecule has 0 unspecified atom stereocenters. The Hall–Kier alpha value is -0.840. The molecule has 0 spiro atoms. The zero-order chi connectivity index (χ0) is 11.6. The van der Waals surface area contributed by atoms with Crippen LogP contribution in [0.25, 0.3) is 0 Å². The van der Waals surface area contributed by atoms with Gasteiger partial charge in [-0.1, -0.05) is 0 Å². The number of esters is 1. The molecule has 0 saturated heterocycles. The predicted molar refractivity (Wildman–Crippen MR) is 60.5 cm³/mol. The number of hydrogen-bond donors (Lipinski definition) is 0. The fourth-order valence-corrected chi connectivity index (χ4v) is 1.66. The summed E-state index contributed by atoms with van der Waals surface area (Å²) in [6, 6.07) is 1.85. The van der Waals surface area contributed by atoms with Crippen LogP contribution in [-0.4, -0.2) is 21.4 Å². The second kappa shape index (κ2) is 4.35. The lowest BCUT2D eigenvalue weighted by molar-refractivity contribution is -0.155. The monoisotopic (exact) mass is 274 g/mol. The third-order valence-electron chi connectivity index (χ3n) is 1.55. The maximum Gasteiger partial charge on any atom is 0.328 e. The van der Waals surface area contributed by atoms with E-state index in [2.05, 4.69) is 21.0 Å². The first kappa shape index (κ1) is 12.2. The van der Waals surface area contributed by atoms with Crippen molar-refractivity contribution in [2.75, 3.05) is 0 Å². The van der Waals surface area contributed by atoms with Gasteiger partial charge in [-0.15, -0.1) is 0 Å². The van der Waals surface area contributed by atoms with E-state index in [0.717, 1.165) is 10.3 Å². The quantitative estimate of drug-likeness (QED) is 0.778. The van der Waals surface area contributed by atoms with E-state index in [-0.39, 0.29) is 12.5 Å². The molecule has 0 bridgehead atoms. The highest BCUT2D eigenvalue weighted by Gasteiger charge is 2.17. The Labute approximate surface area is 97.7 Å². The van der Waals surface area contributed by atoms with Crippen molar-refractivity contribution in [3.05, 3.63) is 16.4 Å². The van der Waals surface area contributed by atoms with Crippen LogP contribution in [0, 0.1) is 6.92 Å². The summed E-state index contributed by atoms with van der Waals surface area (Å²) < 4.78 is 7.54. The summed E-state index contributed by atoms with van der Waals surface area (Å²) in [7, 11) is 0. The lowest BCUT2D eigenvalue weighted by Crippen LogP contribution is -2.26. The molecular formula is C10H15BrN2O2. The smallest absolute Gasteiger partial charge is 0.328 e. The summed E-state index contributed by atoms with van der Waals surface area (Å²) in [6.07, 6.45) is 0. The molecule has 0 aromatic carbocycles. The molecular weight excluding hydrogens is 260 g/mol. The summed E-state index contributed by atoms with van der Waals surface area (Å²) >= 11 is 3.32. The first-order valence-corrected chi connectivity index (χ1v) is 5.49. The van der Waals surface area contributed by atoms with Crippen LogP contribution in [0.4, 0.5) is 0 Å². The minimum absolute atomic E-state index is 0.131. The molecule has 0 atom stereocenters. The van der Waals surface area contributed by atoms with Gasteiger partial charge in [0.2, 0.25) is 0 Å². The van der Waals surface area contributed by atoms with Crippen molar-refractivity contribution in [2.45, 2.75) is 39.8 Å². The van der Waals surface area contributed by atoms with Crippen molar-refractivity contribution in [3.8, 4) is 0 Å². The summed E-state index contributed by atoms with van der Waals surface area (Å²) in [6.45, 7) is 7.53. The highest BCUT2D eigenvalue weighted by molar-refractivity contribution is 9.10. The minimum Gasteiger partial charge on any atom is -0.459 e. The van der Waals surface area contributed by atoms with Gasteiger partial charge >= 0.3 is 5.97 Å². The Balaban J connectivity index is 2.63. The zero-order valence-corrected chi connectivity index (χ0v) is 11.0. The molecule has 15 heavy (non-hydrogen) atoms. The van der Waals surface area contributed by atoms with Crippen molar-refractivity contribution in [2.24, 2.45) is 0 Å². The van der Waals surface area contributed by atoms with Crippen molar-refractivity contribution in [1.82, 2.24) is 9.78 Å². The van der Waals surface area contributed by atoms with Crippen molar-refractivity contribution in [3.63, 3.8) is 0 Å². The fourth-order valence-electron chi connectivity index (χ4n) is 1.12. The molecule has 1 rings (SSSR count). The lowest BCUT2D eigenvalue weighted by atomic mass is 10.2. The molecule has 0 radical (unpaired) electrons. The van der Waals surface area contributed by atoms with Gasteiger partial charge in [0, 0.05) is 0 Å². The van der Waals surface area contributed by atoms with Gasteiger partial charge in [-0.25, -0.2) is 4.68 Å². The predicted octanol–water partition coefficient (Wildman–Crippen LogP) is 2.30. The van der Waals surface area contributed by atoms with Gasteiger partial charge < -0.3 is 4.74 Å². The summed E-state index contributed by atoms with van der Waals surface area (Å²) in [4.78, 5) is 11.5. The van der Waals surface area contributed by atoms with Crippen LogP contribution >= 0.6 is 15.9 Å². The number of carbonyl (C=O) groups is 1. The molecule has 0 fully saturated rings. The van der Waals surface area contributed by atoms with E-state index in [1.165, 1.54) is 0 Å². The van der Waals surface area contributed by atoms with Gasteiger partial charge in [0.1, 0.15) is 16.7 Å². The Bertz CT molecular complexity index is 366. The van der Waals surface area contributed by atoms with E-state index in [1.807, 2.05) is 33.8 Å². The molecule has 1 aromatic rings. The highest BCUT2D eigenvalue weighted by atomic mass is 79.9. The Morgan fingerprint density at radius 3 is 2.60 bits per heavy atom. The van der Waals surface area contributed by atoms with Crippen LogP contribution < -0.4 is 0 Å². The molecule has 0 aliphatic heterocycles. The van der Waals surface area contributed by atoms with Crippen molar-refractivity contribution in [1.29, 1.82) is 0 Å². The minimum atomic E-state index is -0.453. The largest absolute Gasteiger partial charge is 0.459 e. The Morgan fingerprint density at radius 1 is 1.60 bits per heavy atom. The molecule has 1 heterocycles. The van der Waals surface area contributed by atoms with Gasteiger partial charge in [0.05, 0.1) is 5.69 Å². The van der Waals surface area contributed by atoms with E-state index in [9.17, 15) is 4.79 Å². The molecule has 0 aliphatic rings. The standard InChI is InChI=1S/C10H15BrN2O2/c1-7-5-8(11)13(12-7)6-9(14)15-10(2,3)4/h5H,6H2,1-4H3. The number of aromatic nitrogens is 2. The van der Waals surface area contributed by atoms with Crippen LogP contribution in [0.3, 0.4) is 0 Å². The van der Waals surface area contributed by atoms with E-state index in [4.69, 9.17) is 4.74 Å². The van der Waals surface area contributed by atoms with E-state index < -0.39 is 5.60 Å². The molecule has 0 N–H and O–H groups in total. The summed E-state index contributed by atoms with van der Waals surface area (Å²) in [5.74, 6) is -0.286. The van der Waals surface area contributed by atoms with E-state index >= 15 is 0 Å². The fraction of sp³-hybridized carbons (Fsp3) is 0.600. The van der Waals surface area contributed by atoms with Crippen LogP contribution in [0.5, 0.6) is 0 Å². The average Bonchev–Trinajstić information content (AvgIpc) is 2.25. The zero-order valence-electron chi connectivity index (χ0n) is 9.37. The number of hydrogen-bond acceptors (Lipinski definition) is 3. The number of aryl methyl sites for hydroxylation is 1. The lowest BCUT2D eigenvalue weighted by Gasteiger charge is -2.19. The molecule has 0 amide bonds. The second-order valence-corrected chi connectivity index (χ2v) is 5.17. The van der Waals surface area contributed by atoms with Gasteiger partial charge in [-0.05, 0) is 49.7 Å². The SMILES string of the molecule is Cc1cc(Br)n(CC(=O)OC(C)(C)C)n1. The molecule has 5 heteroatoms. The van der Waals surface area contributed by atoms with Crippen LogP contribution in [0.15, 0.2) is 10.7 Å². The average molecular weight is 275 g/mol. The number of halogens is 1. The molecule has 4 nitrogen and oxygen atoms in total. The molecule has 0 aliphatic carbocycles. The van der Waals surface area contributed by atoms with Crippen molar-refractivity contribution >= 4 is 21.9 Å². The molecule has 1 aromatic heterocycles. The third-order valence-corrected chi connectivity index (χ3v) is 2.19. The highest BCUT2D eigenvalue weighted by Crippen LogP contribution is 2.13. The third kappa shape index (κ3) is 4.03. The first-order valence-electron chi connectivity index (χ1n) is 4.70. The van der Waals surface area contributed by atoms with Crippen LogP contribution in [-0.2, 0) is 16.1 Å². The maximum absolute atomic E-state index is 11.5. The van der Waals surface area contributed by atoms with E-state index in [1.54, 1.807) is 4.68 Å². The topological polar surface area (TPSA) is 44.1 Å². The number of ether oxygens (including phenoxy) is 1. The molecule has 0 saturated carbocycles. The van der Waals surface area contributed by atoms with Crippen LogP contribution in [0.2, 0.25) is 0 Å². The van der Waals surface area contributed by atoms with Gasteiger partial charge in [-0.2, -0.15) is 5.10 Å². The van der Waals surface area contributed by atoms with Gasteiger partial charge in [-0.3, -0.25) is 4.79 Å². The van der Waals surface area contributed by atoms with E-state index in [0.29, 0.717) is 0 Å². The number of rotatable bonds is 2. The first-order chi connectivity index (χ1) is 6.78.